The standard InChI is InChI=1S/C18H19N3OS/c1-12-5-4-8-21(10-12)18-19-15(17(22)20-18)9-13-11-23-16-7-3-2-6-14(13)16/h2-3,6-7,9,11-12H,4-5,8,10H2,1H3,(H,19,20,22)/b15-9-/t12-/m0/s1. The second-order valence-corrected chi connectivity index (χ2v) is 7.21. The third kappa shape index (κ3) is 2.77. The Kier molecular flexibility index (Phi) is 3.65. The normalized spacial score (nSPS) is 23.4. The van der Waals surface area contributed by atoms with E-state index in [0.29, 0.717) is 17.6 Å². The number of benzene rings is 1. The number of nitrogens with one attached hydrogen (secondary N) is 1. The average Bonchev–Trinajstić information content (AvgIpc) is 3.13. The molecule has 0 saturated carbocycles. The molecule has 2 aliphatic heterocycles. The van der Waals surface area contributed by atoms with Crippen LogP contribution in [0.15, 0.2) is 40.3 Å². The first-order chi connectivity index (χ1) is 11.2. The topological polar surface area (TPSA) is 44.7 Å². The molecule has 4 rings (SSSR count). The van der Waals surface area contributed by atoms with Crippen molar-refractivity contribution in [3.05, 3.63) is 40.9 Å². The van der Waals surface area contributed by atoms with Crippen LogP contribution in [0.2, 0.25) is 0 Å². The van der Waals surface area contributed by atoms with Crippen LogP contribution in [-0.4, -0.2) is 29.9 Å². The van der Waals surface area contributed by atoms with Crippen LogP contribution in [0, 0.1) is 5.92 Å². The van der Waals surface area contributed by atoms with E-state index in [1.54, 1.807) is 11.3 Å². The Morgan fingerprint density at radius 1 is 1.39 bits per heavy atom. The maximum Gasteiger partial charge on any atom is 0.276 e. The van der Waals surface area contributed by atoms with E-state index >= 15 is 0 Å². The second-order valence-electron chi connectivity index (χ2n) is 6.30. The van der Waals surface area contributed by atoms with Crippen molar-refractivity contribution >= 4 is 39.4 Å². The van der Waals surface area contributed by atoms with Crippen LogP contribution in [0.25, 0.3) is 16.2 Å². The van der Waals surface area contributed by atoms with E-state index in [-0.39, 0.29) is 5.91 Å². The lowest BCUT2D eigenvalue weighted by Crippen LogP contribution is -2.45. The lowest BCUT2D eigenvalue weighted by Gasteiger charge is -2.31. The Balaban J connectivity index is 1.64. The van der Waals surface area contributed by atoms with Crippen molar-refractivity contribution in [3.8, 4) is 0 Å². The van der Waals surface area contributed by atoms with Gasteiger partial charge in [0.15, 0.2) is 0 Å². The maximum absolute atomic E-state index is 12.3. The quantitative estimate of drug-likeness (QED) is 0.816. The van der Waals surface area contributed by atoms with E-state index in [0.717, 1.165) is 25.1 Å². The predicted molar refractivity (Wildman–Crippen MR) is 95.4 cm³/mol. The molecule has 1 atom stereocenters. The molecular weight excluding hydrogens is 306 g/mol. The number of piperidine rings is 1. The molecule has 0 aliphatic carbocycles. The fourth-order valence-corrected chi connectivity index (χ4v) is 4.16. The Labute approximate surface area is 139 Å². The van der Waals surface area contributed by atoms with Gasteiger partial charge in [0.05, 0.1) is 0 Å². The Morgan fingerprint density at radius 3 is 3.13 bits per heavy atom. The summed E-state index contributed by atoms with van der Waals surface area (Å²) in [7, 11) is 0. The average molecular weight is 325 g/mol. The molecule has 1 aromatic carbocycles. The van der Waals surface area contributed by atoms with Crippen molar-refractivity contribution in [2.45, 2.75) is 19.8 Å². The zero-order chi connectivity index (χ0) is 15.8. The summed E-state index contributed by atoms with van der Waals surface area (Å²) in [4.78, 5) is 19.0. The summed E-state index contributed by atoms with van der Waals surface area (Å²) in [6, 6.07) is 8.24. The Bertz CT molecular complexity index is 821. The van der Waals surface area contributed by atoms with Crippen LogP contribution in [-0.2, 0) is 4.79 Å². The van der Waals surface area contributed by atoms with Crippen LogP contribution in [0.3, 0.4) is 0 Å². The number of amides is 1. The monoisotopic (exact) mass is 325 g/mol. The highest BCUT2D eigenvalue weighted by molar-refractivity contribution is 7.17. The molecular formula is C18H19N3OS. The highest BCUT2D eigenvalue weighted by Gasteiger charge is 2.27. The molecule has 3 heterocycles. The van der Waals surface area contributed by atoms with E-state index in [2.05, 4.69) is 39.6 Å². The minimum Gasteiger partial charge on any atom is -0.342 e. The number of nitrogens with zero attached hydrogens (tertiary/aromatic N) is 2. The van der Waals surface area contributed by atoms with Gasteiger partial charge >= 0.3 is 0 Å². The highest BCUT2D eigenvalue weighted by Crippen LogP contribution is 2.28. The van der Waals surface area contributed by atoms with Crippen molar-refractivity contribution in [3.63, 3.8) is 0 Å². The van der Waals surface area contributed by atoms with Gasteiger partial charge in [0.1, 0.15) is 5.70 Å². The molecule has 1 N–H and O–H groups in total. The van der Waals surface area contributed by atoms with Gasteiger partial charge in [0.2, 0.25) is 5.96 Å². The molecule has 1 aromatic heterocycles. The largest absolute Gasteiger partial charge is 0.342 e. The summed E-state index contributed by atoms with van der Waals surface area (Å²) >= 11 is 1.69. The highest BCUT2D eigenvalue weighted by atomic mass is 32.1. The molecule has 5 heteroatoms. The predicted octanol–water partition coefficient (Wildman–Crippen LogP) is 3.46. The number of likely N-dealkylation sites (tertiary alicyclic amines) is 1. The molecule has 0 unspecified atom stereocenters. The van der Waals surface area contributed by atoms with Crippen LogP contribution >= 0.6 is 11.3 Å². The first-order valence-corrected chi connectivity index (χ1v) is 8.91. The minimum absolute atomic E-state index is 0.103. The maximum atomic E-state index is 12.3. The molecule has 2 aliphatic rings. The van der Waals surface area contributed by atoms with Crippen LogP contribution in [0.5, 0.6) is 0 Å². The summed E-state index contributed by atoms with van der Waals surface area (Å²) in [6.45, 7) is 4.18. The molecule has 1 amide bonds. The van der Waals surface area contributed by atoms with Crippen molar-refractivity contribution < 1.29 is 4.79 Å². The third-order valence-corrected chi connectivity index (χ3v) is 5.43. The van der Waals surface area contributed by atoms with Gasteiger partial charge in [0, 0.05) is 17.8 Å². The number of guanidine groups is 1. The van der Waals surface area contributed by atoms with E-state index in [1.807, 2.05) is 18.2 Å². The second kappa shape index (κ2) is 5.81. The third-order valence-electron chi connectivity index (χ3n) is 4.44. The zero-order valence-corrected chi connectivity index (χ0v) is 13.9. The van der Waals surface area contributed by atoms with Gasteiger partial charge in [-0.15, -0.1) is 11.3 Å². The number of fused-ring (bicyclic) bond motifs is 1. The van der Waals surface area contributed by atoms with Crippen molar-refractivity contribution in [1.82, 2.24) is 10.2 Å². The van der Waals surface area contributed by atoms with Gasteiger partial charge in [-0.1, -0.05) is 25.1 Å². The number of aliphatic imine (C=N–C) groups is 1. The van der Waals surface area contributed by atoms with Gasteiger partial charge in [0.25, 0.3) is 5.91 Å². The van der Waals surface area contributed by atoms with Crippen molar-refractivity contribution in [2.75, 3.05) is 13.1 Å². The first-order valence-electron chi connectivity index (χ1n) is 8.03. The van der Waals surface area contributed by atoms with Gasteiger partial charge in [-0.3, -0.25) is 10.1 Å². The van der Waals surface area contributed by atoms with E-state index in [1.165, 1.54) is 16.5 Å². The van der Waals surface area contributed by atoms with Crippen LogP contribution in [0.1, 0.15) is 25.3 Å². The summed E-state index contributed by atoms with van der Waals surface area (Å²) < 4.78 is 1.23. The van der Waals surface area contributed by atoms with Gasteiger partial charge < -0.3 is 4.90 Å². The smallest absolute Gasteiger partial charge is 0.276 e. The lowest BCUT2D eigenvalue weighted by atomic mass is 10.0. The molecule has 2 aromatic rings. The van der Waals surface area contributed by atoms with E-state index in [4.69, 9.17) is 0 Å². The first kappa shape index (κ1) is 14.5. The van der Waals surface area contributed by atoms with Gasteiger partial charge in [-0.2, -0.15) is 0 Å². The lowest BCUT2D eigenvalue weighted by molar-refractivity contribution is -0.115. The number of hydrogen-bond acceptors (Lipinski definition) is 4. The molecule has 0 bridgehead atoms. The SMILES string of the molecule is C[C@H]1CCCN(C2=N/C(=C\c3csc4ccccc34)C(=O)N2)C1. The molecule has 0 radical (unpaired) electrons. The number of thiophene rings is 1. The summed E-state index contributed by atoms with van der Waals surface area (Å²) in [5.41, 5.74) is 1.56. The van der Waals surface area contributed by atoms with E-state index < -0.39 is 0 Å². The number of carbonyl (C=O) groups excluding carboxylic acids is 1. The molecule has 1 saturated heterocycles. The zero-order valence-electron chi connectivity index (χ0n) is 13.1. The fourth-order valence-electron chi connectivity index (χ4n) is 3.25. The Hall–Kier alpha value is -2.14. The summed E-state index contributed by atoms with van der Waals surface area (Å²) in [5, 5.41) is 6.19. The van der Waals surface area contributed by atoms with Gasteiger partial charge in [-0.05, 0) is 47.2 Å². The number of hydrogen-bond donors (Lipinski definition) is 1. The fraction of sp³-hybridized carbons (Fsp3) is 0.333. The van der Waals surface area contributed by atoms with Crippen LogP contribution < -0.4 is 5.32 Å². The summed E-state index contributed by atoms with van der Waals surface area (Å²) in [6.07, 6.45) is 4.31. The minimum atomic E-state index is -0.103. The molecule has 4 nitrogen and oxygen atoms in total. The van der Waals surface area contributed by atoms with E-state index in [9.17, 15) is 4.79 Å². The number of rotatable bonds is 1. The van der Waals surface area contributed by atoms with Crippen molar-refractivity contribution in [2.24, 2.45) is 10.9 Å². The van der Waals surface area contributed by atoms with Crippen molar-refractivity contribution in [1.29, 1.82) is 0 Å². The summed E-state index contributed by atoms with van der Waals surface area (Å²) in [5.74, 6) is 1.26. The molecule has 118 valence electrons. The molecule has 23 heavy (non-hydrogen) atoms. The van der Waals surface area contributed by atoms with Gasteiger partial charge in [-0.25, -0.2) is 4.99 Å². The Morgan fingerprint density at radius 2 is 2.26 bits per heavy atom. The van der Waals surface area contributed by atoms with Crippen LogP contribution in [0.4, 0.5) is 0 Å². The molecule has 0 spiro atoms. The molecule has 1 fully saturated rings. The number of carbonyl (C=O) groups is 1.